The maximum atomic E-state index is 13.1. The second-order valence-electron chi connectivity index (χ2n) is 7.19. The lowest BCUT2D eigenvalue weighted by Crippen LogP contribution is -2.46. The molecule has 23 heavy (non-hydrogen) atoms. The van der Waals surface area contributed by atoms with Gasteiger partial charge in [0.2, 0.25) is 6.80 Å². The van der Waals surface area contributed by atoms with Crippen LogP contribution in [0.2, 0.25) is 0 Å². The molecular weight excluding hydrogens is 317 g/mol. The molecule has 1 unspecified atom stereocenters. The van der Waals surface area contributed by atoms with E-state index in [9.17, 15) is 14.3 Å². The molecule has 128 valence electrons. The number of halogens is 1. The van der Waals surface area contributed by atoms with Crippen LogP contribution in [-0.4, -0.2) is 48.6 Å². The van der Waals surface area contributed by atoms with Gasteiger partial charge in [-0.25, -0.2) is 4.79 Å². The molecule has 6 heteroatoms. The lowest BCUT2D eigenvalue weighted by atomic mass is 9.84. The first-order valence-corrected chi connectivity index (χ1v) is 9.23. The number of carbonyl (C=O) groups excluding carboxylic acids is 1. The van der Waals surface area contributed by atoms with Crippen LogP contribution in [0.3, 0.4) is 0 Å². The van der Waals surface area contributed by atoms with E-state index in [0.717, 1.165) is 25.7 Å². The molecule has 2 fully saturated rings. The Kier molecular flexibility index (Phi) is 4.76. The summed E-state index contributed by atoms with van der Waals surface area (Å²) in [5, 5.41) is 13.1. The topological polar surface area (TPSA) is 46.5 Å². The summed E-state index contributed by atoms with van der Waals surface area (Å²) in [6.07, 6.45) is 4.09. The third-order valence-corrected chi connectivity index (χ3v) is 6.35. The molecule has 3 atom stereocenters. The van der Waals surface area contributed by atoms with Crippen molar-refractivity contribution in [2.24, 2.45) is 5.92 Å². The van der Waals surface area contributed by atoms with Crippen molar-refractivity contribution in [1.29, 1.82) is 0 Å². The fraction of sp³-hybridized carbons (Fsp3) is 0.706. The van der Waals surface area contributed by atoms with Crippen molar-refractivity contribution in [3.63, 3.8) is 0 Å². The number of ether oxygens (including phenoxy) is 1. The third-order valence-electron chi connectivity index (χ3n) is 5.35. The molecule has 0 bridgehead atoms. The molecule has 0 amide bonds. The van der Waals surface area contributed by atoms with E-state index in [1.165, 1.54) is 11.3 Å². The second-order valence-corrected chi connectivity index (χ2v) is 8.13. The number of alkyl halides is 1. The van der Waals surface area contributed by atoms with Crippen molar-refractivity contribution in [3.8, 4) is 0 Å². The molecule has 1 N–H and O–H groups in total. The summed E-state index contributed by atoms with van der Waals surface area (Å²) < 4.78 is 19.0. The van der Waals surface area contributed by atoms with Crippen LogP contribution in [0, 0.1) is 5.92 Å². The Bertz CT molecular complexity index is 546. The molecule has 0 aromatic carbocycles. The van der Waals surface area contributed by atoms with Gasteiger partial charge < -0.3 is 9.84 Å². The highest BCUT2D eigenvalue weighted by atomic mass is 32.1. The average molecular weight is 342 g/mol. The molecule has 1 saturated heterocycles. The summed E-state index contributed by atoms with van der Waals surface area (Å²) in [6.45, 7) is 0.689. The van der Waals surface area contributed by atoms with Gasteiger partial charge in [-0.1, -0.05) is 18.9 Å². The Morgan fingerprint density at radius 2 is 2.22 bits per heavy atom. The molecule has 0 radical (unpaired) electrons. The van der Waals surface area contributed by atoms with Crippen LogP contribution in [0.1, 0.15) is 37.0 Å². The third kappa shape index (κ3) is 3.16. The van der Waals surface area contributed by atoms with Crippen molar-refractivity contribution in [2.75, 3.05) is 26.9 Å². The normalized spacial score (nSPS) is 31.2. The first kappa shape index (κ1) is 16.9. The van der Waals surface area contributed by atoms with E-state index in [-0.39, 0.29) is 16.5 Å². The second kappa shape index (κ2) is 6.49. The van der Waals surface area contributed by atoms with Crippen molar-refractivity contribution in [2.45, 2.75) is 43.8 Å². The van der Waals surface area contributed by atoms with E-state index >= 15 is 0 Å². The molecule has 1 aromatic heterocycles. The first-order chi connectivity index (χ1) is 11.0. The summed E-state index contributed by atoms with van der Waals surface area (Å²) in [5.41, 5.74) is -1.55. The Morgan fingerprint density at radius 1 is 1.48 bits per heavy atom. The summed E-state index contributed by atoms with van der Waals surface area (Å²) in [6, 6.07) is 3.65. The Balaban J connectivity index is 1.76. The first-order valence-electron chi connectivity index (χ1n) is 8.35. The van der Waals surface area contributed by atoms with Crippen LogP contribution < -0.4 is 0 Å². The average Bonchev–Trinajstić information content (AvgIpc) is 3.29. The molecule has 1 aromatic rings. The quantitative estimate of drug-likeness (QED) is 0.508. The van der Waals surface area contributed by atoms with E-state index in [1.807, 2.05) is 18.5 Å². The Hall–Kier alpha value is -0.980. The standard InChI is InChI=1S/C17H25FNO3S/c1-19(12-18)9-8-14(11-19)22-16(20)17(21,13-5-2-3-6-13)15-7-4-10-23-15/h4,7,10,13-14,21H,2-3,5-6,8-9,11-12H2,1H3/q+1/t14-,17+,19?/m0/s1. The minimum atomic E-state index is -1.55. The van der Waals surface area contributed by atoms with Gasteiger partial charge in [0.1, 0.15) is 6.54 Å². The molecule has 4 nitrogen and oxygen atoms in total. The van der Waals surface area contributed by atoms with Gasteiger partial charge in [-0.15, -0.1) is 11.3 Å². The van der Waals surface area contributed by atoms with Crippen LogP contribution in [0.4, 0.5) is 4.39 Å². The molecule has 1 aliphatic heterocycles. The van der Waals surface area contributed by atoms with Crippen molar-refractivity contribution in [1.82, 2.24) is 0 Å². The number of likely N-dealkylation sites (tertiary alicyclic amines) is 1. The number of rotatable bonds is 5. The van der Waals surface area contributed by atoms with E-state index in [4.69, 9.17) is 4.74 Å². The number of likely N-dealkylation sites (N-methyl/N-ethyl adjacent to an activating group) is 1. The molecule has 3 rings (SSSR count). The predicted molar refractivity (Wildman–Crippen MR) is 86.6 cm³/mol. The van der Waals surface area contributed by atoms with Gasteiger partial charge in [-0.05, 0) is 24.3 Å². The zero-order chi connectivity index (χ0) is 16.5. The van der Waals surface area contributed by atoms with E-state index in [1.54, 1.807) is 6.07 Å². The van der Waals surface area contributed by atoms with Gasteiger partial charge in [0, 0.05) is 17.2 Å². The van der Waals surface area contributed by atoms with E-state index in [2.05, 4.69) is 0 Å². The summed E-state index contributed by atoms with van der Waals surface area (Å²) in [5.74, 6) is -0.638. The SMILES string of the molecule is C[N+]1(CF)CC[C@H](OC(=O)[C@](O)(c2cccs2)C2CCCC2)C1. The highest BCUT2D eigenvalue weighted by Crippen LogP contribution is 2.43. The molecule has 1 aliphatic carbocycles. The molecule has 2 heterocycles. The van der Waals surface area contributed by atoms with Crippen molar-refractivity contribution >= 4 is 17.3 Å². The maximum Gasteiger partial charge on any atom is 0.344 e. The number of hydrogen-bond donors (Lipinski definition) is 1. The van der Waals surface area contributed by atoms with Crippen LogP contribution in [0.25, 0.3) is 0 Å². The van der Waals surface area contributed by atoms with Crippen LogP contribution >= 0.6 is 11.3 Å². The van der Waals surface area contributed by atoms with E-state index < -0.39 is 18.4 Å². The van der Waals surface area contributed by atoms with Gasteiger partial charge in [0.15, 0.2) is 11.7 Å². The number of quaternary nitrogens is 1. The summed E-state index contributed by atoms with van der Waals surface area (Å²) in [7, 11) is 1.83. The fourth-order valence-electron chi connectivity index (χ4n) is 3.88. The zero-order valence-corrected chi connectivity index (χ0v) is 14.4. The lowest BCUT2D eigenvalue weighted by Gasteiger charge is -2.32. The predicted octanol–water partition coefficient (Wildman–Crippen LogP) is 2.82. The van der Waals surface area contributed by atoms with Gasteiger partial charge in [0.25, 0.3) is 0 Å². The maximum absolute atomic E-state index is 13.1. The number of esters is 1. The zero-order valence-electron chi connectivity index (χ0n) is 13.5. The minimum absolute atomic E-state index is 0.0860. The summed E-state index contributed by atoms with van der Waals surface area (Å²) >= 11 is 1.39. The van der Waals surface area contributed by atoms with Crippen LogP contribution in [-0.2, 0) is 15.1 Å². The molecule has 2 aliphatic rings. The van der Waals surface area contributed by atoms with Gasteiger partial charge in [-0.3, -0.25) is 4.48 Å². The van der Waals surface area contributed by atoms with Crippen LogP contribution in [0.15, 0.2) is 17.5 Å². The minimum Gasteiger partial charge on any atom is -0.454 e. The largest absolute Gasteiger partial charge is 0.454 e. The smallest absolute Gasteiger partial charge is 0.344 e. The lowest BCUT2D eigenvalue weighted by molar-refractivity contribution is -0.911. The number of thiophene rings is 1. The number of aliphatic hydroxyl groups is 1. The molecule has 1 saturated carbocycles. The van der Waals surface area contributed by atoms with Crippen LogP contribution in [0.5, 0.6) is 0 Å². The number of hydrogen-bond acceptors (Lipinski definition) is 4. The molecule has 0 spiro atoms. The van der Waals surface area contributed by atoms with E-state index in [0.29, 0.717) is 24.4 Å². The van der Waals surface area contributed by atoms with Gasteiger partial charge in [-0.2, -0.15) is 4.39 Å². The van der Waals surface area contributed by atoms with Gasteiger partial charge in [0.05, 0.1) is 13.6 Å². The number of nitrogens with zero attached hydrogens (tertiary/aromatic N) is 1. The molecular formula is C17H25FNO3S+. The highest BCUT2D eigenvalue weighted by Gasteiger charge is 2.50. The van der Waals surface area contributed by atoms with Crippen molar-refractivity contribution in [3.05, 3.63) is 22.4 Å². The van der Waals surface area contributed by atoms with Gasteiger partial charge >= 0.3 is 5.97 Å². The Labute approximate surface area is 140 Å². The fourth-order valence-corrected chi connectivity index (χ4v) is 4.77. The van der Waals surface area contributed by atoms with Crippen molar-refractivity contribution < 1.29 is 23.5 Å². The highest BCUT2D eigenvalue weighted by molar-refractivity contribution is 7.10. The monoisotopic (exact) mass is 342 g/mol. The summed E-state index contributed by atoms with van der Waals surface area (Å²) in [4.78, 5) is 13.5. The Morgan fingerprint density at radius 3 is 2.78 bits per heavy atom. The number of carbonyl (C=O) groups is 1.